The summed E-state index contributed by atoms with van der Waals surface area (Å²) in [6, 6.07) is 11.0. The number of carbonyl (C=O) groups excluding carboxylic acids is 1. The molecule has 1 aromatic carbocycles. The summed E-state index contributed by atoms with van der Waals surface area (Å²) in [5.41, 5.74) is 2.16. The fraction of sp³-hybridized carbons (Fsp3) is 0.526. The SMILES string of the molecule is COCc1cn(C2CCN(C(=O)N[C@H]3C[C@@H]3c3ccccc3)CC2)nn1. The quantitative estimate of drug-likeness (QED) is 0.893. The van der Waals surface area contributed by atoms with Crippen molar-refractivity contribution in [1.82, 2.24) is 25.2 Å². The Hall–Kier alpha value is -2.41. The number of ether oxygens (including phenoxy) is 1. The standard InChI is InChI=1S/C19H25N5O2/c1-26-13-15-12-24(22-21-15)16-7-9-23(10-8-16)19(25)20-18-11-17(18)14-5-3-2-4-6-14/h2-6,12,16-18H,7-11,13H2,1H3,(H,20,25)/t17-,18+/m1/s1. The van der Waals surface area contributed by atoms with Gasteiger partial charge in [-0.05, 0) is 24.8 Å². The van der Waals surface area contributed by atoms with Gasteiger partial charge in [-0.25, -0.2) is 9.48 Å². The summed E-state index contributed by atoms with van der Waals surface area (Å²) in [5, 5.41) is 11.5. The summed E-state index contributed by atoms with van der Waals surface area (Å²) in [4.78, 5) is 14.4. The molecule has 2 fully saturated rings. The van der Waals surface area contributed by atoms with Crippen molar-refractivity contribution < 1.29 is 9.53 Å². The molecule has 1 aliphatic carbocycles. The lowest BCUT2D eigenvalue weighted by molar-refractivity contribution is 0.167. The number of nitrogens with zero attached hydrogens (tertiary/aromatic N) is 4. The Morgan fingerprint density at radius 2 is 2.04 bits per heavy atom. The Balaban J connectivity index is 1.25. The molecule has 1 N–H and O–H groups in total. The third kappa shape index (κ3) is 3.72. The van der Waals surface area contributed by atoms with Gasteiger partial charge in [-0.3, -0.25) is 0 Å². The van der Waals surface area contributed by atoms with Gasteiger partial charge in [0.15, 0.2) is 0 Å². The number of amides is 2. The van der Waals surface area contributed by atoms with Crippen LogP contribution in [-0.2, 0) is 11.3 Å². The molecule has 0 radical (unpaired) electrons. The minimum absolute atomic E-state index is 0.0607. The fourth-order valence-electron chi connectivity index (χ4n) is 3.71. The van der Waals surface area contributed by atoms with E-state index >= 15 is 0 Å². The van der Waals surface area contributed by atoms with Crippen molar-refractivity contribution in [3.8, 4) is 0 Å². The first-order valence-electron chi connectivity index (χ1n) is 9.24. The maximum Gasteiger partial charge on any atom is 0.317 e. The maximum absolute atomic E-state index is 12.5. The summed E-state index contributed by atoms with van der Waals surface area (Å²) < 4.78 is 7.00. The molecule has 4 rings (SSSR count). The Morgan fingerprint density at radius 3 is 2.77 bits per heavy atom. The van der Waals surface area contributed by atoms with Crippen molar-refractivity contribution in [2.45, 2.75) is 43.9 Å². The molecule has 138 valence electrons. The minimum Gasteiger partial charge on any atom is -0.378 e. The predicted octanol–water partition coefficient (Wildman–Crippen LogP) is 2.33. The van der Waals surface area contributed by atoms with Gasteiger partial charge >= 0.3 is 6.03 Å². The third-order valence-electron chi connectivity index (χ3n) is 5.30. The van der Waals surface area contributed by atoms with E-state index in [1.54, 1.807) is 7.11 Å². The molecule has 1 aromatic heterocycles. The summed E-state index contributed by atoms with van der Waals surface area (Å²) in [7, 11) is 1.65. The number of rotatable bonds is 5. The molecule has 2 atom stereocenters. The maximum atomic E-state index is 12.5. The number of nitrogens with one attached hydrogen (secondary N) is 1. The van der Waals surface area contributed by atoms with Crippen LogP contribution in [0.1, 0.15) is 42.5 Å². The van der Waals surface area contributed by atoms with Gasteiger partial charge in [0.25, 0.3) is 0 Å². The highest BCUT2D eigenvalue weighted by atomic mass is 16.5. The number of hydrogen-bond donors (Lipinski definition) is 1. The molecular formula is C19H25N5O2. The Kier molecular flexibility index (Phi) is 4.88. The van der Waals surface area contributed by atoms with Gasteiger partial charge in [0.05, 0.1) is 18.8 Å². The van der Waals surface area contributed by atoms with Crippen LogP contribution in [0.25, 0.3) is 0 Å². The number of aromatic nitrogens is 3. The fourth-order valence-corrected chi connectivity index (χ4v) is 3.71. The highest BCUT2D eigenvalue weighted by Gasteiger charge is 2.40. The van der Waals surface area contributed by atoms with Crippen LogP contribution in [-0.4, -0.2) is 52.2 Å². The van der Waals surface area contributed by atoms with Crippen molar-refractivity contribution in [1.29, 1.82) is 0 Å². The second-order valence-corrected chi connectivity index (χ2v) is 7.15. The van der Waals surface area contributed by atoms with Crippen molar-refractivity contribution in [2.75, 3.05) is 20.2 Å². The number of urea groups is 1. The van der Waals surface area contributed by atoms with Crippen molar-refractivity contribution >= 4 is 6.03 Å². The molecule has 7 heteroatoms. The average molecular weight is 355 g/mol. The Bertz CT molecular complexity index is 739. The van der Waals surface area contributed by atoms with Crippen molar-refractivity contribution in [2.24, 2.45) is 0 Å². The van der Waals surface area contributed by atoms with Crippen LogP contribution in [0.4, 0.5) is 4.79 Å². The van der Waals surface area contributed by atoms with Crippen LogP contribution < -0.4 is 5.32 Å². The van der Waals surface area contributed by atoms with E-state index in [4.69, 9.17) is 4.74 Å². The zero-order valence-electron chi connectivity index (χ0n) is 15.0. The number of hydrogen-bond acceptors (Lipinski definition) is 4. The van der Waals surface area contributed by atoms with E-state index in [1.165, 1.54) is 5.56 Å². The number of piperidine rings is 1. The van der Waals surface area contributed by atoms with Gasteiger partial charge in [0, 0.05) is 32.2 Å². The molecule has 2 amide bonds. The molecule has 1 saturated carbocycles. The lowest BCUT2D eigenvalue weighted by Crippen LogP contribution is -2.45. The first-order valence-corrected chi connectivity index (χ1v) is 9.24. The normalized spacial score (nSPS) is 23.0. The molecular weight excluding hydrogens is 330 g/mol. The second kappa shape index (κ2) is 7.45. The van der Waals surface area contributed by atoms with Gasteiger partial charge in [0.2, 0.25) is 0 Å². The average Bonchev–Trinajstić information content (AvgIpc) is 3.29. The summed E-state index contributed by atoms with van der Waals surface area (Å²) in [6.07, 6.45) is 4.78. The highest BCUT2D eigenvalue weighted by Crippen LogP contribution is 2.40. The molecule has 2 aromatic rings. The molecule has 2 aliphatic rings. The first kappa shape index (κ1) is 17.0. The van der Waals surface area contributed by atoms with Crippen LogP contribution in [0.15, 0.2) is 36.5 Å². The summed E-state index contributed by atoms with van der Waals surface area (Å²) >= 11 is 0. The van der Waals surface area contributed by atoms with E-state index < -0.39 is 0 Å². The van der Waals surface area contributed by atoms with E-state index in [-0.39, 0.29) is 12.1 Å². The summed E-state index contributed by atoms with van der Waals surface area (Å²) in [5.74, 6) is 0.465. The molecule has 0 unspecified atom stereocenters. The first-order chi connectivity index (χ1) is 12.7. The molecule has 1 aliphatic heterocycles. The minimum atomic E-state index is 0.0607. The smallest absolute Gasteiger partial charge is 0.317 e. The molecule has 0 spiro atoms. The lowest BCUT2D eigenvalue weighted by Gasteiger charge is -2.32. The number of benzene rings is 1. The van der Waals surface area contributed by atoms with Crippen molar-refractivity contribution in [3.63, 3.8) is 0 Å². The zero-order valence-corrected chi connectivity index (χ0v) is 15.0. The van der Waals surface area contributed by atoms with E-state index in [1.807, 2.05) is 21.8 Å². The van der Waals surface area contributed by atoms with Gasteiger partial charge in [-0.15, -0.1) is 5.10 Å². The largest absolute Gasteiger partial charge is 0.378 e. The highest BCUT2D eigenvalue weighted by molar-refractivity contribution is 5.75. The number of likely N-dealkylation sites (tertiary alicyclic amines) is 1. The van der Waals surface area contributed by atoms with Gasteiger partial charge < -0.3 is 15.0 Å². The van der Waals surface area contributed by atoms with Crippen LogP contribution >= 0.6 is 0 Å². The number of carbonyl (C=O) groups is 1. The molecule has 7 nitrogen and oxygen atoms in total. The number of methoxy groups -OCH3 is 1. The van der Waals surface area contributed by atoms with Crippen LogP contribution in [0.5, 0.6) is 0 Å². The van der Waals surface area contributed by atoms with Crippen LogP contribution in [0.3, 0.4) is 0 Å². The topological polar surface area (TPSA) is 72.3 Å². The Labute approximate surface area is 153 Å². The van der Waals surface area contributed by atoms with Crippen LogP contribution in [0, 0.1) is 0 Å². The van der Waals surface area contributed by atoms with Gasteiger partial charge in [-0.1, -0.05) is 35.5 Å². The summed E-state index contributed by atoms with van der Waals surface area (Å²) in [6.45, 7) is 1.97. The predicted molar refractivity (Wildman–Crippen MR) is 96.7 cm³/mol. The molecule has 26 heavy (non-hydrogen) atoms. The second-order valence-electron chi connectivity index (χ2n) is 7.15. The van der Waals surface area contributed by atoms with Gasteiger partial charge in [0.1, 0.15) is 5.69 Å². The molecule has 2 heterocycles. The van der Waals surface area contributed by atoms with E-state index in [0.717, 1.165) is 38.0 Å². The van der Waals surface area contributed by atoms with Crippen LogP contribution in [0.2, 0.25) is 0 Å². The zero-order chi connectivity index (χ0) is 17.9. The monoisotopic (exact) mass is 355 g/mol. The molecule has 0 bridgehead atoms. The van der Waals surface area contributed by atoms with E-state index in [0.29, 0.717) is 18.6 Å². The Morgan fingerprint density at radius 1 is 1.27 bits per heavy atom. The van der Waals surface area contributed by atoms with E-state index in [2.05, 4.69) is 39.9 Å². The van der Waals surface area contributed by atoms with E-state index in [9.17, 15) is 4.79 Å². The lowest BCUT2D eigenvalue weighted by atomic mass is 10.1. The molecule has 1 saturated heterocycles. The van der Waals surface area contributed by atoms with Crippen molar-refractivity contribution in [3.05, 3.63) is 47.8 Å². The van der Waals surface area contributed by atoms with Gasteiger partial charge in [-0.2, -0.15) is 0 Å². The third-order valence-corrected chi connectivity index (χ3v) is 5.30.